The van der Waals surface area contributed by atoms with E-state index < -0.39 is 0 Å². The molecule has 3 heterocycles. The summed E-state index contributed by atoms with van der Waals surface area (Å²) in [5.74, 6) is 1.45. The maximum Gasteiger partial charge on any atom is 0.263 e. The van der Waals surface area contributed by atoms with Crippen LogP contribution in [-0.4, -0.2) is 59.8 Å². The highest BCUT2D eigenvalue weighted by Crippen LogP contribution is 2.35. The average molecular weight is 500 g/mol. The average Bonchev–Trinajstić information content (AvgIpc) is 3.22. The molecule has 1 aliphatic heterocycles. The predicted octanol–water partition coefficient (Wildman–Crippen LogP) is 4.03. The fraction of sp³-hybridized carbons (Fsp3) is 0.480. The van der Waals surface area contributed by atoms with Crippen LogP contribution in [-0.2, 0) is 19.4 Å². The largest absolute Gasteiger partial charge is 0.486 e. The van der Waals surface area contributed by atoms with Crippen LogP contribution >= 0.6 is 23.1 Å². The van der Waals surface area contributed by atoms with Crippen molar-refractivity contribution in [2.75, 3.05) is 39.6 Å². The molecule has 0 atom stereocenters. The van der Waals surface area contributed by atoms with Crippen LogP contribution in [0.1, 0.15) is 40.1 Å². The van der Waals surface area contributed by atoms with Gasteiger partial charge in [-0.2, -0.15) is 0 Å². The summed E-state index contributed by atoms with van der Waals surface area (Å²) in [6, 6.07) is 5.29. The molecular weight excluding hydrogens is 470 g/mol. The summed E-state index contributed by atoms with van der Waals surface area (Å²) in [6.07, 6.45) is 5.12. The number of benzene rings is 1. The van der Waals surface area contributed by atoms with E-state index in [0.29, 0.717) is 42.0 Å². The van der Waals surface area contributed by atoms with Gasteiger partial charge in [-0.25, -0.2) is 4.98 Å². The summed E-state index contributed by atoms with van der Waals surface area (Å²) in [7, 11) is 4.06. The molecule has 7 nitrogen and oxygen atoms in total. The Morgan fingerprint density at radius 3 is 2.79 bits per heavy atom. The second-order valence-electron chi connectivity index (χ2n) is 8.97. The zero-order valence-electron chi connectivity index (χ0n) is 19.6. The number of fused-ring (bicyclic) bond motifs is 4. The molecule has 0 saturated carbocycles. The van der Waals surface area contributed by atoms with E-state index in [1.165, 1.54) is 28.6 Å². The van der Waals surface area contributed by atoms with E-state index in [0.717, 1.165) is 42.4 Å². The molecule has 1 aliphatic carbocycles. The van der Waals surface area contributed by atoms with Gasteiger partial charge in [-0.05, 0) is 76.5 Å². The number of thiophene rings is 1. The van der Waals surface area contributed by atoms with E-state index in [-0.39, 0.29) is 17.1 Å². The van der Waals surface area contributed by atoms with Crippen molar-refractivity contribution in [1.82, 2.24) is 14.5 Å². The Hall–Kier alpha value is -2.36. The number of ether oxygens (including phenoxy) is 2. The van der Waals surface area contributed by atoms with Crippen LogP contribution in [0.2, 0.25) is 0 Å². The van der Waals surface area contributed by atoms with E-state index in [4.69, 9.17) is 14.5 Å². The lowest BCUT2D eigenvalue weighted by molar-refractivity contribution is 0.102. The number of Topliss-reactive ketones (excluding diaryl/α,β-unsaturated/α-hetero) is 1. The summed E-state index contributed by atoms with van der Waals surface area (Å²) in [6.45, 7) is 2.46. The molecule has 0 spiro atoms. The Morgan fingerprint density at radius 2 is 1.97 bits per heavy atom. The number of ketones is 1. The monoisotopic (exact) mass is 499 g/mol. The first-order valence-corrected chi connectivity index (χ1v) is 13.6. The van der Waals surface area contributed by atoms with Crippen molar-refractivity contribution in [3.05, 3.63) is 44.6 Å². The Morgan fingerprint density at radius 1 is 1.18 bits per heavy atom. The van der Waals surface area contributed by atoms with E-state index >= 15 is 0 Å². The maximum atomic E-state index is 13.6. The highest BCUT2D eigenvalue weighted by Gasteiger charge is 2.23. The summed E-state index contributed by atoms with van der Waals surface area (Å²) >= 11 is 2.99. The van der Waals surface area contributed by atoms with Crippen molar-refractivity contribution in [2.45, 2.75) is 43.8 Å². The van der Waals surface area contributed by atoms with Gasteiger partial charge in [0, 0.05) is 17.0 Å². The normalized spacial score (nSPS) is 15.0. The number of carbonyl (C=O) groups excluding carboxylic acids is 1. The Kier molecular flexibility index (Phi) is 6.94. The van der Waals surface area contributed by atoms with Crippen LogP contribution in [0.5, 0.6) is 11.5 Å². The van der Waals surface area contributed by atoms with E-state index in [2.05, 4.69) is 4.90 Å². The molecule has 0 bridgehead atoms. The summed E-state index contributed by atoms with van der Waals surface area (Å²) < 4.78 is 13.0. The van der Waals surface area contributed by atoms with Gasteiger partial charge in [-0.3, -0.25) is 14.2 Å². The zero-order valence-corrected chi connectivity index (χ0v) is 21.2. The lowest BCUT2D eigenvalue weighted by Crippen LogP contribution is -2.26. The summed E-state index contributed by atoms with van der Waals surface area (Å²) in [5, 5.41) is 1.42. The van der Waals surface area contributed by atoms with Crippen molar-refractivity contribution in [3.63, 3.8) is 0 Å². The SMILES string of the molecule is CN(C)CCCn1c(SCC(=O)c2ccc3c(c2)OCCO3)nc2sc3c(c2c1=O)CCCC3. The van der Waals surface area contributed by atoms with Crippen LogP contribution in [0.3, 0.4) is 0 Å². The van der Waals surface area contributed by atoms with E-state index in [1.54, 1.807) is 34.1 Å². The molecule has 0 unspecified atom stereocenters. The molecule has 0 amide bonds. The minimum Gasteiger partial charge on any atom is -0.486 e. The lowest BCUT2D eigenvalue weighted by atomic mass is 9.97. The Labute approximate surface area is 207 Å². The second kappa shape index (κ2) is 10.1. The zero-order chi connectivity index (χ0) is 23.7. The molecule has 34 heavy (non-hydrogen) atoms. The minimum absolute atomic E-state index is 0.0263. The van der Waals surface area contributed by atoms with Gasteiger partial charge in [-0.15, -0.1) is 11.3 Å². The predicted molar refractivity (Wildman–Crippen MR) is 136 cm³/mol. The van der Waals surface area contributed by atoms with Gasteiger partial charge in [0.05, 0.1) is 11.1 Å². The molecule has 2 aliphatic rings. The summed E-state index contributed by atoms with van der Waals surface area (Å²) in [4.78, 5) is 35.8. The smallest absolute Gasteiger partial charge is 0.263 e. The first kappa shape index (κ1) is 23.4. The second-order valence-corrected chi connectivity index (χ2v) is 11.0. The molecule has 3 aromatic rings. The highest BCUT2D eigenvalue weighted by molar-refractivity contribution is 7.99. The molecule has 0 saturated heterocycles. The lowest BCUT2D eigenvalue weighted by Gasteiger charge is -2.18. The number of thioether (sulfide) groups is 1. The van der Waals surface area contributed by atoms with Crippen molar-refractivity contribution >= 4 is 39.1 Å². The molecular formula is C25H29N3O4S2. The molecule has 5 rings (SSSR count). The van der Waals surface area contributed by atoms with Gasteiger partial charge in [0.2, 0.25) is 0 Å². The van der Waals surface area contributed by atoms with Gasteiger partial charge in [0.1, 0.15) is 18.0 Å². The van der Waals surface area contributed by atoms with E-state index in [9.17, 15) is 9.59 Å². The number of nitrogens with zero attached hydrogens (tertiary/aromatic N) is 3. The van der Waals surface area contributed by atoms with Crippen molar-refractivity contribution in [1.29, 1.82) is 0 Å². The minimum atomic E-state index is -0.0263. The number of hydrogen-bond acceptors (Lipinski definition) is 8. The summed E-state index contributed by atoms with van der Waals surface area (Å²) in [5.41, 5.74) is 1.82. The third-order valence-corrected chi connectivity index (χ3v) is 8.39. The third-order valence-electron chi connectivity index (χ3n) is 6.22. The van der Waals surface area contributed by atoms with Gasteiger partial charge < -0.3 is 14.4 Å². The first-order chi connectivity index (χ1) is 16.5. The third kappa shape index (κ3) is 4.74. The van der Waals surface area contributed by atoms with Gasteiger partial charge in [-0.1, -0.05) is 11.8 Å². The number of carbonyl (C=O) groups is 1. The van der Waals surface area contributed by atoms with Crippen molar-refractivity contribution < 1.29 is 14.3 Å². The van der Waals surface area contributed by atoms with Crippen molar-refractivity contribution in [2.24, 2.45) is 0 Å². The number of aryl methyl sites for hydroxylation is 2. The fourth-order valence-electron chi connectivity index (χ4n) is 4.50. The fourth-order valence-corrected chi connectivity index (χ4v) is 6.72. The Balaban J connectivity index is 1.43. The van der Waals surface area contributed by atoms with Crippen molar-refractivity contribution in [3.8, 4) is 11.5 Å². The first-order valence-electron chi connectivity index (χ1n) is 11.8. The van der Waals surface area contributed by atoms with E-state index in [1.807, 2.05) is 14.1 Å². The van der Waals surface area contributed by atoms with Crippen LogP contribution in [0.4, 0.5) is 0 Å². The molecule has 1 aromatic carbocycles. The Bertz CT molecular complexity index is 1280. The number of rotatable bonds is 8. The standard InChI is InChI=1S/C25H29N3O4S2/c1-27(2)10-5-11-28-24(30)22-17-6-3-4-7-21(17)34-23(22)26-25(28)33-15-18(29)16-8-9-19-20(14-16)32-13-12-31-19/h8-9,14H,3-7,10-13,15H2,1-2H3. The molecule has 0 fully saturated rings. The van der Waals surface area contributed by atoms with Gasteiger partial charge in [0.15, 0.2) is 22.4 Å². The highest BCUT2D eigenvalue weighted by atomic mass is 32.2. The number of aromatic nitrogens is 2. The maximum absolute atomic E-state index is 13.6. The van der Waals surface area contributed by atoms with Crippen LogP contribution in [0.15, 0.2) is 28.2 Å². The molecule has 9 heteroatoms. The van der Waals surface area contributed by atoms with Crippen LogP contribution in [0.25, 0.3) is 10.2 Å². The molecule has 0 N–H and O–H groups in total. The quantitative estimate of drug-likeness (QED) is 0.263. The number of hydrogen-bond donors (Lipinski definition) is 0. The molecule has 0 radical (unpaired) electrons. The van der Waals surface area contributed by atoms with Crippen LogP contribution in [0, 0.1) is 0 Å². The topological polar surface area (TPSA) is 73.7 Å². The molecule has 180 valence electrons. The van der Waals surface area contributed by atoms with Gasteiger partial charge >= 0.3 is 0 Å². The van der Waals surface area contributed by atoms with Crippen LogP contribution < -0.4 is 15.0 Å². The molecule has 2 aromatic heterocycles. The van der Waals surface area contributed by atoms with Gasteiger partial charge in [0.25, 0.3) is 5.56 Å².